The molecule has 0 bridgehead atoms. The Kier molecular flexibility index (Phi) is 5.87. The highest BCUT2D eigenvalue weighted by molar-refractivity contribution is 7.17. The van der Waals surface area contributed by atoms with E-state index >= 15 is 0 Å². The summed E-state index contributed by atoms with van der Waals surface area (Å²) in [6.07, 6.45) is 4.93. The van der Waals surface area contributed by atoms with Crippen molar-refractivity contribution in [3.63, 3.8) is 0 Å². The molecule has 0 saturated carbocycles. The van der Waals surface area contributed by atoms with Gasteiger partial charge in [-0.25, -0.2) is 0 Å². The topological polar surface area (TPSA) is 9.23 Å². The number of aryl methyl sites for hydroxylation is 1. The Morgan fingerprint density at radius 1 is 1.11 bits per heavy atom. The van der Waals surface area contributed by atoms with Crippen molar-refractivity contribution in [2.24, 2.45) is 5.92 Å². The predicted molar refractivity (Wildman–Crippen MR) is 85.0 cm³/mol. The van der Waals surface area contributed by atoms with Crippen LogP contribution in [0, 0.1) is 5.92 Å². The lowest BCUT2D eigenvalue weighted by atomic mass is 10.1. The summed E-state index contributed by atoms with van der Waals surface area (Å²) in [6, 6.07) is 8.71. The fourth-order valence-electron chi connectivity index (χ4n) is 2.24. The second-order valence-electron chi connectivity index (χ2n) is 5.54. The van der Waals surface area contributed by atoms with Gasteiger partial charge in [0.2, 0.25) is 0 Å². The van der Waals surface area contributed by atoms with E-state index in [2.05, 4.69) is 43.5 Å². The standard InChI is InChI=1S/C17H24OS/c1-14(2)12-18-11-7-3-4-8-15-13-19-17-10-6-5-9-16(15)17/h5-6,9-10,13-14H,3-4,7-8,11-12H2,1-2H3. The molecule has 1 aromatic heterocycles. The first-order chi connectivity index (χ1) is 9.27. The lowest BCUT2D eigenvalue weighted by Gasteiger charge is -2.06. The number of unbranched alkanes of at least 4 members (excludes halogenated alkanes) is 2. The minimum absolute atomic E-state index is 0.650. The third-order valence-corrected chi connectivity index (χ3v) is 4.26. The normalized spacial score (nSPS) is 11.5. The Labute approximate surface area is 120 Å². The van der Waals surface area contributed by atoms with Crippen LogP contribution in [0.2, 0.25) is 0 Å². The SMILES string of the molecule is CC(C)COCCCCCc1csc2ccccc12. The Balaban J connectivity index is 1.66. The van der Waals surface area contributed by atoms with Crippen molar-refractivity contribution in [3.05, 3.63) is 35.2 Å². The molecule has 0 N–H and O–H groups in total. The summed E-state index contributed by atoms with van der Waals surface area (Å²) in [6.45, 7) is 6.21. The van der Waals surface area contributed by atoms with Crippen molar-refractivity contribution in [1.29, 1.82) is 0 Å². The van der Waals surface area contributed by atoms with Gasteiger partial charge < -0.3 is 4.74 Å². The van der Waals surface area contributed by atoms with Crippen molar-refractivity contribution in [1.82, 2.24) is 0 Å². The summed E-state index contributed by atoms with van der Waals surface area (Å²) >= 11 is 1.86. The first kappa shape index (κ1) is 14.5. The van der Waals surface area contributed by atoms with Crippen LogP contribution in [0.4, 0.5) is 0 Å². The van der Waals surface area contributed by atoms with Gasteiger partial charge in [-0.3, -0.25) is 0 Å². The van der Waals surface area contributed by atoms with Gasteiger partial charge in [-0.2, -0.15) is 0 Å². The smallest absolute Gasteiger partial charge is 0.0488 e. The fourth-order valence-corrected chi connectivity index (χ4v) is 3.24. The molecule has 104 valence electrons. The van der Waals surface area contributed by atoms with Crippen LogP contribution in [0.1, 0.15) is 38.7 Å². The number of hydrogen-bond acceptors (Lipinski definition) is 2. The first-order valence-electron chi connectivity index (χ1n) is 7.30. The van der Waals surface area contributed by atoms with E-state index in [0.29, 0.717) is 5.92 Å². The summed E-state index contributed by atoms with van der Waals surface area (Å²) in [7, 11) is 0. The molecule has 1 heterocycles. The molecule has 2 rings (SSSR count). The molecule has 2 heteroatoms. The molecule has 0 atom stereocenters. The molecule has 19 heavy (non-hydrogen) atoms. The van der Waals surface area contributed by atoms with Gasteiger partial charge in [0.15, 0.2) is 0 Å². The Hall–Kier alpha value is -0.860. The molecule has 0 aliphatic heterocycles. The second-order valence-corrected chi connectivity index (χ2v) is 6.45. The van der Waals surface area contributed by atoms with Gasteiger partial charge in [-0.1, -0.05) is 38.5 Å². The second kappa shape index (κ2) is 7.66. The zero-order valence-corrected chi connectivity index (χ0v) is 12.8. The van der Waals surface area contributed by atoms with E-state index in [4.69, 9.17) is 4.74 Å². The molecule has 2 aromatic rings. The molecule has 0 unspecified atom stereocenters. The maximum absolute atomic E-state index is 5.60. The van der Waals surface area contributed by atoms with Crippen LogP contribution < -0.4 is 0 Å². The molecule has 1 nitrogen and oxygen atoms in total. The van der Waals surface area contributed by atoms with Gasteiger partial charge in [0.05, 0.1) is 0 Å². The number of benzene rings is 1. The number of thiophene rings is 1. The van der Waals surface area contributed by atoms with E-state index in [-0.39, 0.29) is 0 Å². The minimum Gasteiger partial charge on any atom is -0.381 e. The number of rotatable bonds is 8. The van der Waals surface area contributed by atoms with Crippen LogP contribution in [0.5, 0.6) is 0 Å². The van der Waals surface area contributed by atoms with Crippen molar-refractivity contribution in [2.75, 3.05) is 13.2 Å². The third kappa shape index (κ3) is 4.63. The predicted octanol–water partition coefficient (Wildman–Crippen LogP) is 5.29. The van der Waals surface area contributed by atoms with Crippen molar-refractivity contribution in [2.45, 2.75) is 39.5 Å². The number of fused-ring (bicyclic) bond motifs is 1. The van der Waals surface area contributed by atoms with E-state index in [1.54, 1.807) is 0 Å². The lowest BCUT2D eigenvalue weighted by molar-refractivity contribution is 0.106. The van der Waals surface area contributed by atoms with Gasteiger partial charge in [-0.15, -0.1) is 11.3 Å². The molecule has 0 aliphatic rings. The van der Waals surface area contributed by atoms with Crippen LogP contribution in [-0.4, -0.2) is 13.2 Å². The van der Waals surface area contributed by atoms with E-state index in [0.717, 1.165) is 13.2 Å². The average Bonchev–Trinajstić information content (AvgIpc) is 2.81. The molecule has 0 saturated heterocycles. The quantitative estimate of drug-likeness (QED) is 0.595. The molecule has 0 aliphatic carbocycles. The lowest BCUT2D eigenvalue weighted by Crippen LogP contribution is -2.03. The first-order valence-corrected chi connectivity index (χ1v) is 8.18. The molecular weight excluding hydrogens is 252 g/mol. The van der Waals surface area contributed by atoms with Crippen LogP contribution in [0.15, 0.2) is 29.6 Å². The van der Waals surface area contributed by atoms with Crippen molar-refractivity contribution >= 4 is 21.4 Å². The maximum Gasteiger partial charge on any atom is 0.0488 e. The summed E-state index contributed by atoms with van der Waals surface area (Å²) in [5, 5.41) is 3.77. The van der Waals surface area contributed by atoms with Gasteiger partial charge in [-0.05, 0) is 47.6 Å². The van der Waals surface area contributed by atoms with Gasteiger partial charge in [0.1, 0.15) is 0 Å². The van der Waals surface area contributed by atoms with E-state index in [1.165, 1.54) is 41.3 Å². The molecular formula is C17H24OS. The van der Waals surface area contributed by atoms with Crippen molar-refractivity contribution < 1.29 is 4.74 Å². The minimum atomic E-state index is 0.650. The highest BCUT2D eigenvalue weighted by Gasteiger charge is 2.02. The zero-order valence-electron chi connectivity index (χ0n) is 12.0. The van der Waals surface area contributed by atoms with Crippen molar-refractivity contribution in [3.8, 4) is 0 Å². The average molecular weight is 276 g/mol. The van der Waals surface area contributed by atoms with Gasteiger partial charge in [0.25, 0.3) is 0 Å². The summed E-state index contributed by atoms with van der Waals surface area (Å²) < 4.78 is 7.02. The fraction of sp³-hybridized carbons (Fsp3) is 0.529. The van der Waals surface area contributed by atoms with Crippen LogP contribution in [-0.2, 0) is 11.2 Å². The Morgan fingerprint density at radius 3 is 2.79 bits per heavy atom. The Bertz CT molecular complexity index is 487. The molecule has 0 radical (unpaired) electrons. The van der Waals surface area contributed by atoms with E-state index < -0.39 is 0 Å². The summed E-state index contributed by atoms with van der Waals surface area (Å²) in [5.41, 5.74) is 1.52. The monoisotopic (exact) mass is 276 g/mol. The molecule has 1 aromatic carbocycles. The van der Waals surface area contributed by atoms with E-state index in [1.807, 2.05) is 11.3 Å². The molecule has 0 fully saturated rings. The summed E-state index contributed by atoms with van der Waals surface area (Å²) in [5.74, 6) is 0.650. The van der Waals surface area contributed by atoms with Gasteiger partial charge in [0, 0.05) is 17.9 Å². The Morgan fingerprint density at radius 2 is 1.95 bits per heavy atom. The number of hydrogen-bond donors (Lipinski definition) is 0. The highest BCUT2D eigenvalue weighted by Crippen LogP contribution is 2.26. The van der Waals surface area contributed by atoms with Crippen LogP contribution >= 0.6 is 11.3 Å². The van der Waals surface area contributed by atoms with Gasteiger partial charge >= 0.3 is 0 Å². The number of ether oxygens (including phenoxy) is 1. The van der Waals surface area contributed by atoms with Crippen LogP contribution in [0.3, 0.4) is 0 Å². The van der Waals surface area contributed by atoms with Crippen LogP contribution in [0.25, 0.3) is 10.1 Å². The zero-order chi connectivity index (χ0) is 13.5. The third-order valence-electron chi connectivity index (χ3n) is 3.25. The maximum atomic E-state index is 5.60. The van der Waals surface area contributed by atoms with E-state index in [9.17, 15) is 0 Å². The highest BCUT2D eigenvalue weighted by atomic mass is 32.1. The molecule has 0 spiro atoms. The summed E-state index contributed by atoms with van der Waals surface area (Å²) in [4.78, 5) is 0. The molecule has 0 amide bonds. The largest absolute Gasteiger partial charge is 0.381 e.